The average molecular weight is 572 g/mol. The summed E-state index contributed by atoms with van der Waals surface area (Å²) >= 11 is 18.1. The maximum Gasteiger partial charge on any atom is 0.161 e. The Morgan fingerprint density at radius 3 is 2.57 bits per heavy atom. The van der Waals surface area contributed by atoms with Gasteiger partial charge >= 0.3 is 0 Å². The van der Waals surface area contributed by atoms with E-state index >= 15 is 0 Å². The second kappa shape index (κ2) is 10.2. The molecular weight excluding hydrogens is 553 g/mol. The van der Waals surface area contributed by atoms with E-state index < -0.39 is 47.6 Å². The fourth-order valence-corrected chi connectivity index (χ4v) is 4.75. The summed E-state index contributed by atoms with van der Waals surface area (Å²) in [6.07, 6.45) is -1.33. The van der Waals surface area contributed by atoms with Gasteiger partial charge in [-0.05, 0) is 37.3 Å². The second-order valence-electron chi connectivity index (χ2n) is 8.50. The molecule has 0 aliphatic carbocycles. The second-order valence-corrected chi connectivity index (χ2v) is 9.72. The van der Waals surface area contributed by atoms with Crippen LogP contribution in [-0.2, 0) is 4.74 Å². The molecule has 14 heteroatoms. The van der Waals surface area contributed by atoms with Crippen LogP contribution >= 0.6 is 34.8 Å². The first-order chi connectivity index (χ1) is 17.7. The van der Waals surface area contributed by atoms with Gasteiger partial charge in [-0.1, -0.05) is 40.0 Å². The van der Waals surface area contributed by atoms with Gasteiger partial charge in [-0.2, -0.15) is 5.10 Å². The van der Waals surface area contributed by atoms with Gasteiger partial charge in [0, 0.05) is 17.0 Å². The molecule has 0 bridgehead atoms. The van der Waals surface area contributed by atoms with Crippen LogP contribution in [0.1, 0.15) is 30.2 Å². The number of aromatic nitrogens is 6. The number of aryl methyl sites for hydroxylation is 1. The smallest absolute Gasteiger partial charge is 0.161 e. The lowest BCUT2D eigenvalue weighted by Crippen LogP contribution is -2.45. The zero-order chi connectivity index (χ0) is 26.4. The van der Waals surface area contributed by atoms with Gasteiger partial charge < -0.3 is 14.9 Å². The van der Waals surface area contributed by atoms with Gasteiger partial charge in [0.15, 0.2) is 5.82 Å². The van der Waals surface area contributed by atoms with Crippen molar-refractivity contribution in [2.45, 2.75) is 37.7 Å². The predicted molar refractivity (Wildman–Crippen MR) is 131 cm³/mol. The van der Waals surface area contributed by atoms with Crippen molar-refractivity contribution in [2.24, 2.45) is 0 Å². The molecule has 0 saturated carbocycles. The van der Waals surface area contributed by atoms with Gasteiger partial charge in [-0.3, -0.25) is 0 Å². The van der Waals surface area contributed by atoms with Crippen LogP contribution < -0.4 is 0 Å². The Kier molecular flexibility index (Phi) is 7.18. The van der Waals surface area contributed by atoms with Crippen molar-refractivity contribution in [1.82, 2.24) is 29.8 Å². The van der Waals surface area contributed by atoms with Gasteiger partial charge in [-0.25, -0.2) is 23.1 Å². The van der Waals surface area contributed by atoms with Crippen LogP contribution in [-0.4, -0.2) is 58.8 Å². The van der Waals surface area contributed by atoms with E-state index in [2.05, 4.69) is 20.4 Å². The lowest BCUT2D eigenvalue weighted by Gasteiger charge is -2.38. The van der Waals surface area contributed by atoms with E-state index in [1.54, 1.807) is 25.1 Å². The molecule has 194 valence electrons. The Morgan fingerprint density at radius 1 is 1.14 bits per heavy atom. The van der Waals surface area contributed by atoms with E-state index in [0.717, 1.165) is 12.1 Å². The van der Waals surface area contributed by atoms with Crippen LogP contribution in [0.4, 0.5) is 8.78 Å². The molecule has 1 aliphatic heterocycles. The number of aliphatic hydroxyl groups excluding tert-OH is 2. The topological polar surface area (TPSA) is 111 Å². The number of nitrogens with zero attached hydrogens (tertiary/aromatic N) is 6. The van der Waals surface area contributed by atoms with Crippen molar-refractivity contribution in [3.63, 3.8) is 0 Å². The zero-order valence-corrected chi connectivity index (χ0v) is 21.3. The lowest BCUT2D eigenvalue weighted by atomic mass is 9.95. The maximum atomic E-state index is 14.0. The standard InChI is InChI=1S/C23H19Cl3F2N6O3/c1-10-29-23(34(31-10)17-6-12(24)2-3-13(17)25)19-7-18(22(36)20(9-35)37-19)33-8-16(30-32-33)11-4-14(27)21(26)15(28)5-11/h2-6,8,18-20,22,35-36H,7,9H2,1H3/t18-,19-,20-,22-/m1/s1. The summed E-state index contributed by atoms with van der Waals surface area (Å²) < 4.78 is 36.8. The molecule has 4 atom stereocenters. The number of rotatable bonds is 5. The molecule has 0 spiro atoms. The molecular formula is C23H19Cl3F2N6O3. The van der Waals surface area contributed by atoms with E-state index in [1.165, 1.54) is 15.6 Å². The van der Waals surface area contributed by atoms with E-state index in [-0.39, 0.29) is 17.7 Å². The summed E-state index contributed by atoms with van der Waals surface area (Å²) in [5.41, 5.74) is 0.759. The van der Waals surface area contributed by atoms with Gasteiger partial charge in [-0.15, -0.1) is 5.10 Å². The van der Waals surface area contributed by atoms with Crippen LogP contribution in [0, 0.1) is 18.6 Å². The highest BCUT2D eigenvalue weighted by Crippen LogP contribution is 2.39. The number of benzene rings is 2. The molecule has 4 aromatic rings. The Morgan fingerprint density at radius 2 is 1.86 bits per heavy atom. The fraction of sp³-hybridized carbons (Fsp3) is 0.304. The molecule has 1 fully saturated rings. The van der Waals surface area contributed by atoms with E-state index in [1.807, 2.05) is 0 Å². The van der Waals surface area contributed by atoms with Crippen molar-refractivity contribution in [3.05, 3.63) is 74.9 Å². The van der Waals surface area contributed by atoms with E-state index in [9.17, 15) is 19.0 Å². The number of hydrogen-bond donors (Lipinski definition) is 2. The minimum Gasteiger partial charge on any atom is -0.394 e. The Balaban J connectivity index is 1.51. The monoisotopic (exact) mass is 570 g/mol. The molecule has 3 heterocycles. The van der Waals surface area contributed by atoms with Gasteiger partial charge in [0.2, 0.25) is 0 Å². The van der Waals surface area contributed by atoms with Crippen molar-refractivity contribution >= 4 is 34.8 Å². The first-order valence-corrected chi connectivity index (χ1v) is 12.2. The van der Waals surface area contributed by atoms with Crippen molar-refractivity contribution in [2.75, 3.05) is 6.61 Å². The minimum absolute atomic E-state index is 0.119. The fourth-order valence-electron chi connectivity index (χ4n) is 4.28. The SMILES string of the molecule is Cc1nc([C@H]2C[C@@H](n3cc(-c4cc(F)c(Cl)c(F)c4)nn3)[C@@H](O)[C@@H](CO)O2)n(-c2cc(Cl)ccc2Cl)n1. The van der Waals surface area contributed by atoms with Crippen LogP contribution in [0.25, 0.3) is 16.9 Å². The van der Waals surface area contributed by atoms with Gasteiger partial charge in [0.05, 0.1) is 29.6 Å². The zero-order valence-electron chi connectivity index (χ0n) is 19.1. The van der Waals surface area contributed by atoms with E-state index in [4.69, 9.17) is 39.5 Å². The molecule has 1 saturated heterocycles. The number of ether oxygens (including phenoxy) is 1. The molecule has 37 heavy (non-hydrogen) atoms. The quantitative estimate of drug-likeness (QED) is 0.340. The molecule has 1 aliphatic rings. The Bertz CT molecular complexity index is 1440. The molecule has 2 aromatic carbocycles. The summed E-state index contributed by atoms with van der Waals surface area (Å²) in [6.45, 7) is 1.21. The molecule has 9 nitrogen and oxygen atoms in total. The molecule has 2 aromatic heterocycles. The summed E-state index contributed by atoms with van der Waals surface area (Å²) in [5, 5.41) is 33.6. The molecule has 2 N–H and O–H groups in total. The molecule has 0 unspecified atom stereocenters. The third-order valence-electron chi connectivity index (χ3n) is 6.04. The van der Waals surface area contributed by atoms with E-state index in [0.29, 0.717) is 27.4 Å². The van der Waals surface area contributed by atoms with Crippen LogP contribution in [0.2, 0.25) is 15.1 Å². The van der Waals surface area contributed by atoms with Crippen molar-refractivity contribution in [1.29, 1.82) is 0 Å². The first-order valence-electron chi connectivity index (χ1n) is 11.1. The normalized spacial score (nSPS) is 21.9. The minimum atomic E-state index is -1.18. The highest BCUT2D eigenvalue weighted by atomic mass is 35.5. The lowest BCUT2D eigenvalue weighted by molar-refractivity contribution is -0.161. The van der Waals surface area contributed by atoms with Gasteiger partial charge in [0.25, 0.3) is 0 Å². The van der Waals surface area contributed by atoms with Crippen molar-refractivity contribution < 1.29 is 23.7 Å². The maximum absolute atomic E-state index is 14.0. The highest BCUT2D eigenvalue weighted by molar-refractivity contribution is 6.34. The highest BCUT2D eigenvalue weighted by Gasteiger charge is 2.41. The summed E-state index contributed by atoms with van der Waals surface area (Å²) in [7, 11) is 0. The average Bonchev–Trinajstić information content (AvgIpc) is 3.51. The van der Waals surface area contributed by atoms with Crippen LogP contribution in [0.5, 0.6) is 0 Å². The third kappa shape index (κ3) is 4.95. The summed E-state index contributed by atoms with van der Waals surface area (Å²) in [4.78, 5) is 4.50. The molecule has 0 amide bonds. The van der Waals surface area contributed by atoms with Gasteiger partial charge in [0.1, 0.15) is 46.5 Å². The Labute approximate surface area is 224 Å². The number of hydrogen-bond acceptors (Lipinski definition) is 7. The summed E-state index contributed by atoms with van der Waals surface area (Å²) in [6, 6.07) is 6.25. The largest absolute Gasteiger partial charge is 0.394 e. The summed E-state index contributed by atoms with van der Waals surface area (Å²) in [5.74, 6) is -1.06. The van der Waals surface area contributed by atoms with Crippen molar-refractivity contribution in [3.8, 4) is 16.9 Å². The van der Waals surface area contributed by atoms with Crippen LogP contribution in [0.3, 0.4) is 0 Å². The number of halogens is 5. The Hall–Kier alpha value is -2.67. The predicted octanol–water partition coefficient (Wildman–Crippen LogP) is 4.50. The molecule has 0 radical (unpaired) electrons. The first kappa shape index (κ1) is 26.0. The third-order valence-corrected chi connectivity index (χ3v) is 6.96. The number of aliphatic hydroxyl groups is 2. The molecule has 5 rings (SSSR count). The van der Waals surface area contributed by atoms with Crippen LogP contribution in [0.15, 0.2) is 36.5 Å².